The summed E-state index contributed by atoms with van der Waals surface area (Å²) in [6, 6.07) is 8.61. The number of aromatic nitrogens is 2. The van der Waals surface area contributed by atoms with E-state index in [1.807, 2.05) is 12.1 Å². The van der Waals surface area contributed by atoms with Crippen molar-refractivity contribution >= 4 is 10.8 Å². The van der Waals surface area contributed by atoms with Gasteiger partial charge >= 0.3 is 0 Å². The maximum absolute atomic E-state index is 11.5. The fourth-order valence-corrected chi connectivity index (χ4v) is 4.50. The van der Waals surface area contributed by atoms with Crippen LogP contribution < -0.4 is 0 Å². The predicted octanol–water partition coefficient (Wildman–Crippen LogP) is 3.36. The first-order valence-electron chi connectivity index (χ1n) is 8.95. The Bertz CT molecular complexity index is 714. The molecule has 1 saturated heterocycles. The molecule has 1 aliphatic heterocycles. The van der Waals surface area contributed by atoms with Crippen LogP contribution in [0.4, 0.5) is 0 Å². The summed E-state index contributed by atoms with van der Waals surface area (Å²) in [6.45, 7) is 2.06. The van der Waals surface area contributed by atoms with Gasteiger partial charge in [0.25, 0.3) is 0 Å². The molecule has 0 bridgehead atoms. The summed E-state index contributed by atoms with van der Waals surface area (Å²) < 4.78 is 11.5. The topological polar surface area (TPSA) is 49.0 Å². The molecule has 2 atom stereocenters. The van der Waals surface area contributed by atoms with Crippen molar-refractivity contribution in [3.63, 3.8) is 0 Å². The van der Waals surface area contributed by atoms with E-state index in [1.54, 1.807) is 6.26 Å². The van der Waals surface area contributed by atoms with Crippen LogP contribution in [0.3, 0.4) is 0 Å². The molecule has 2 heterocycles. The quantitative estimate of drug-likeness (QED) is 0.926. The summed E-state index contributed by atoms with van der Waals surface area (Å²) in [6.07, 6.45) is 8.99. The van der Waals surface area contributed by atoms with Gasteiger partial charge < -0.3 is 4.98 Å². The Kier molecular flexibility index (Phi) is 4.55. The highest BCUT2D eigenvalue weighted by Gasteiger charge is 2.29. The van der Waals surface area contributed by atoms with Crippen molar-refractivity contribution in [3.8, 4) is 0 Å². The lowest BCUT2D eigenvalue weighted by molar-refractivity contribution is 0.240. The monoisotopic (exact) mass is 343 g/mol. The minimum absolute atomic E-state index is 0.413. The van der Waals surface area contributed by atoms with Gasteiger partial charge in [0.2, 0.25) is 0 Å². The Hall–Kier alpha value is -1.46. The van der Waals surface area contributed by atoms with Crippen LogP contribution in [0.1, 0.15) is 54.5 Å². The maximum atomic E-state index is 11.5. The third-order valence-corrected chi connectivity index (χ3v) is 6.23. The van der Waals surface area contributed by atoms with E-state index in [0.717, 1.165) is 30.8 Å². The second-order valence-electron chi connectivity index (χ2n) is 6.98. The number of aromatic amines is 1. The minimum atomic E-state index is -0.903. The van der Waals surface area contributed by atoms with Gasteiger partial charge in [0.15, 0.2) is 0 Å². The first-order chi connectivity index (χ1) is 11.7. The van der Waals surface area contributed by atoms with Crippen LogP contribution in [0.15, 0.2) is 29.2 Å². The van der Waals surface area contributed by atoms with Crippen LogP contribution in [-0.4, -0.2) is 31.9 Å². The molecule has 4 rings (SSSR count). The summed E-state index contributed by atoms with van der Waals surface area (Å²) in [4.78, 5) is 12.0. The number of imidazole rings is 1. The van der Waals surface area contributed by atoms with E-state index < -0.39 is 10.8 Å². The molecule has 1 aromatic heterocycles. The number of nitrogens with zero attached hydrogens (tertiary/aromatic N) is 2. The van der Waals surface area contributed by atoms with Gasteiger partial charge in [-0.3, -0.25) is 9.11 Å². The normalized spacial score (nSPS) is 22.5. The molecule has 4 nitrogen and oxygen atoms in total. The van der Waals surface area contributed by atoms with Crippen molar-refractivity contribution in [3.05, 3.63) is 47.0 Å². The third kappa shape index (κ3) is 3.20. The maximum Gasteiger partial charge on any atom is 0.124 e. The van der Waals surface area contributed by atoms with E-state index in [9.17, 15) is 4.21 Å². The molecule has 0 amide bonds. The summed E-state index contributed by atoms with van der Waals surface area (Å²) >= 11 is 0. The Morgan fingerprint density at radius 3 is 2.75 bits per heavy atom. The Labute approximate surface area is 146 Å². The molecule has 24 heavy (non-hydrogen) atoms. The Morgan fingerprint density at radius 1 is 1.21 bits per heavy atom. The van der Waals surface area contributed by atoms with Gasteiger partial charge in [0.1, 0.15) is 5.82 Å². The zero-order valence-electron chi connectivity index (χ0n) is 14.3. The zero-order chi connectivity index (χ0) is 16.5. The number of aryl methyl sites for hydroxylation is 2. The number of hydrogen-bond acceptors (Lipinski definition) is 3. The van der Waals surface area contributed by atoms with Crippen LogP contribution in [0, 0.1) is 0 Å². The highest BCUT2D eigenvalue weighted by atomic mass is 32.2. The van der Waals surface area contributed by atoms with Crippen molar-refractivity contribution in [2.24, 2.45) is 0 Å². The summed E-state index contributed by atoms with van der Waals surface area (Å²) in [7, 11) is -0.903. The molecule has 128 valence electrons. The molecule has 0 spiro atoms. The first-order valence-corrected chi connectivity index (χ1v) is 10.5. The van der Waals surface area contributed by atoms with Crippen molar-refractivity contribution < 1.29 is 4.21 Å². The predicted molar refractivity (Wildman–Crippen MR) is 96.4 cm³/mol. The second kappa shape index (κ2) is 6.81. The smallest absolute Gasteiger partial charge is 0.124 e. The molecule has 1 aliphatic carbocycles. The summed E-state index contributed by atoms with van der Waals surface area (Å²) in [5.74, 6) is 1.17. The van der Waals surface area contributed by atoms with Crippen molar-refractivity contribution in [2.45, 2.75) is 56.0 Å². The largest absolute Gasteiger partial charge is 0.344 e. The van der Waals surface area contributed by atoms with Crippen LogP contribution >= 0.6 is 0 Å². The summed E-state index contributed by atoms with van der Waals surface area (Å²) in [5.41, 5.74) is 3.96. The van der Waals surface area contributed by atoms with Crippen molar-refractivity contribution in [1.29, 1.82) is 0 Å². The van der Waals surface area contributed by atoms with E-state index in [2.05, 4.69) is 22.0 Å². The van der Waals surface area contributed by atoms with E-state index >= 15 is 0 Å². The van der Waals surface area contributed by atoms with Crippen LogP contribution in [-0.2, 0) is 30.2 Å². The number of fused-ring (bicyclic) bond motifs is 1. The summed E-state index contributed by atoms with van der Waals surface area (Å²) in [5, 5.41) is 0. The first kappa shape index (κ1) is 16.0. The highest BCUT2D eigenvalue weighted by Crippen LogP contribution is 2.33. The lowest BCUT2D eigenvalue weighted by Gasteiger charge is -2.23. The number of hydrogen-bond donors (Lipinski definition) is 1. The molecule has 2 aliphatic rings. The third-order valence-electron chi connectivity index (χ3n) is 5.29. The molecule has 2 aromatic rings. The van der Waals surface area contributed by atoms with Gasteiger partial charge in [-0.2, -0.15) is 0 Å². The number of benzene rings is 1. The minimum Gasteiger partial charge on any atom is -0.344 e. The second-order valence-corrected chi connectivity index (χ2v) is 8.36. The lowest BCUT2D eigenvalue weighted by Crippen LogP contribution is -2.23. The number of rotatable bonds is 4. The van der Waals surface area contributed by atoms with E-state index in [0.29, 0.717) is 6.04 Å². The highest BCUT2D eigenvalue weighted by molar-refractivity contribution is 7.84. The average molecular weight is 343 g/mol. The van der Waals surface area contributed by atoms with Crippen LogP contribution in [0.5, 0.6) is 0 Å². The average Bonchev–Trinajstić information content (AvgIpc) is 3.21. The van der Waals surface area contributed by atoms with Crippen molar-refractivity contribution in [1.82, 2.24) is 14.9 Å². The van der Waals surface area contributed by atoms with Crippen LogP contribution in [0.2, 0.25) is 0 Å². The fourth-order valence-electron chi connectivity index (χ4n) is 3.98. The van der Waals surface area contributed by atoms with E-state index in [1.165, 1.54) is 48.5 Å². The van der Waals surface area contributed by atoms with Gasteiger partial charge in [0, 0.05) is 34.2 Å². The van der Waals surface area contributed by atoms with Gasteiger partial charge in [-0.1, -0.05) is 12.1 Å². The molecule has 0 radical (unpaired) electrons. The standard InChI is InChI=1S/C19H25N3OS/c1-24(23)15-10-8-14(9-11-15)13-22-12-4-7-18(22)19-20-16-5-2-3-6-17(16)21-19/h8-11,18H,2-7,12-13H2,1H3,(H,20,21)/t18-,24-/m1/s1. The van der Waals surface area contributed by atoms with E-state index in [-0.39, 0.29) is 0 Å². The van der Waals surface area contributed by atoms with Gasteiger partial charge in [-0.15, -0.1) is 0 Å². The molecular formula is C19H25N3OS. The molecule has 0 unspecified atom stereocenters. The molecule has 1 aromatic carbocycles. The molecule has 1 N–H and O–H groups in total. The number of likely N-dealkylation sites (tertiary alicyclic amines) is 1. The molecule has 1 fully saturated rings. The lowest BCUT2D eigenvalue weighted by atomic mass is 10.0. The van der Waals surface area contributed by atoms with Crippen molar-refractivity contribution in [2.75, 3.05) is 12.8 Å². The molecule has 0 saturated carbocycles. The van der Waals surface area contributed by atoms with Gasteiger partial charge in [-0.05, 0) is 62.8 Å². The van der Waals surface area contributed by atoms with Crippen LogP contribution in [0.25, 0.3) is 0 Å². The van der Waals surface area contributed by atoms with Gasteiger partial charge in [-0.25, -0.2) is 4.98 Å². The zero-order valence-corrected chi connectivity index (χ0v) is 15.1. The SMILES string of the molecule is C[S@@](=O)c1ccc(CN2CCC[C@@H]2c2nc3c([nH]2)CCCC3)cc1. The Morgan fingerprint density at radius 2 is 2.00 bits per heavy atom. The fraction of sp³-hybridized carbons (Fsp3) is 0.526. The number of H-pyrrole nitrogens is 1. The number of nitrogens with one attached hydrogen (secondary N) is 1. The Balaban J connectivity index is 1.50. The molecular weight excluding hydrogens is 318 g/mol. The van der Waals surface area contributed by atoms with Gasteiger partial charge in [0.05, 0.1) is 11.7 Å². The van der Waals surface area contributed by atoms with E-state index in [4.69, 9.17) is 4.98 Å². The molecule has 5 heteroatoms.